The monoisotopic (exact) mass is 371 g/mol. The van der Waals surface area contributed by atoms with Crippen molar-refractivity contribution in [1.29, 1.82) is 0 Å². The molecule has 3 atom stereocenters. The van der Waals surface area contributed by atoms with Crippen molar-refractivity contribution in [2.75, 3.05) is 0 Å². The zero-order valence-electron chi connectivity index (χ0n) is 15.6. The van der Waals surface area contributed by atoms with Gasteiger partial charge in [0.25, 0.3) is 0 Å². The third-order valence-corrected chi connectivity index (χ3v) is 5.14. The summed E-state index contributed by atoms with van der Waals surface area (Å²) in [6.45, 7) is 2.27. The van der Waals surface area contributed by atoms with Crippen molar-refractivity contribution in [3.05, 3.63) is 71.5 Å². The van der Waals surface area contributed by atoms with Crippen LogP contribution in [0.2, 0.25) is 0 Å². The van der Waals surface area contributed by atoms with Crippen molar-refractivity contribution in [1.82, 2.24) is 4.90 Å². The molecular formula is C22H26FNO3. The van der Waals surface area contributed by atoms with Gasteiger partial charge in [-0.05, 0) is 42.5 Å². The highest BCUT2D eigenvalue weighted by Gasteiger charge is 2.41. The van der Waals surface area contributed by atoms with Crippen LogP contribution in [0.3, 0.4) is 0 Å². The fourth-order valence-electron chi connectivity index (χ4n) is 3.83. The molecule has 1 N–H and O–H groups in total. The highest BCUT2D eigenvalue weighted by molar-refractivity contribution is 5.69. The van der Waals surface area contributed by atoms with E-state index in [9.17, 15) is 14.3 Å². The van der Waals surface area contributed by atoms with Crippen LogP contribution < -0.4 is 0 Å². The SMILES string of the molecule is CCC[C@@H]1CC[C@H](C(O)c2cccc(F)c2)N1C(=O)OCc1ccccc1. The number of benzene rings is 2. The van der Waals surface area contributed by atoms with Gasteiger partial charge in [-0.1, -0.05) is 55.8 Å². The van der Waals surface area contributed by atoms with E-state index >= 15 is 0 Å². The second-order valence-corrected chi connectivity index (χ2v) is 7.03. The van der Waals surface area contributed by atoms with Crippen LogP contribution in [0.25, 0.3) is 0 Å². The predicted octanol–water partition coefficient (Wildman–Crippen LogP) is 4.83. The number of hydrogen-bond acceptors (Lipinski definition) is 3. The molecule has 3 rings (SSSR count). The van der Waals surface area contributed by atoms with E-state index in [1.54, 1.807) is 17.0 Å². The maximum Gasteiger partial charge on any atom is 0.410 e. The molecule has 1 aliphatic heterocycles. The molecule has 0 aromatic heterocycles. The van der Waals surface area contributed by atoms with Crippen LogP contribution in [-0.2, 0) is 11.3 Å². The molecule has 1 aliphatic rings. The third kappa shape index (κ3) is 4.66. The Morgan fingerprint density at radius 2 is 2.00 bits per heavy atom. The van der Waals surface area contributed by atoms with Crippen LogP contribution in [0.1, 0.15) is 49.8 Å². The topological polar surface area (TPSA) is 49.8 Å². The van der Waals surface area contributed by atoms with Crippen molar-refractivity contribution in [2.24, 2.45) is 0 Å². The van der Waals surface area contributed by atoms with Crippen molar-refractivity contribution >= 4 is 6.09 Å². The number of aliphatic hydroxyl groups is 1. The van der Waals surface area contributed by atoms with Gasteiger partial charge in [0.05, 0.1) is 12.1 Å². The van der Waals surface area contributed by atoms with Gasteiger partial charge >= 0.3 is 6.09 Å². The van der Waals surface area contributed by atoms with Gasteiger partial charge in [0.15, 0.2) is 0 Å². The van der Waals surface area contributed by atoms with Gasteiger partial charge in [-0.2, -0.15) is 0 Å². The van der Waals surface area contributed by atoms with E-state index in [1.165, 1.54) is 12.1 Å². The lowest BCUT2D eigenvalue weighted by atomic mass is 10.0. The van der Waals surface area contributed by atoms with Gasteiger partial charge < -0.3 is 9.84 Å². The van der Waals surface area contributed by atoms with Crippen molar-refractivity contribution in [3.8, 4) is 0 Å². The molecule has 0 radical (unpaired) electrons. The number of amides is 1. The van der Waals surface area contributed by atoms with Crippen LogP contribution in [0.5, 0.6) is 0 Å². The summed E-state index contributed by atoms with van der Waals surface area (Å²) in [5, 5.41) is 10.8. The maximum atomic E-state index is 13.6. The fraction of sp³-hybridized carbons (Fsp3) is 0.409. The number of rotatable bonds is 6. The van der Waals surface area contributed by atoms with Crippen LogP contribution in [0.4, 0.5) is 9.18 Å². The second-order valence-electron chi connectivity index (χ2n) is 7.03. The predicted molar refractivity (Wildman–Crippen MR) is 102 cm³/mol. The number of halogens is 1. The number of ether oxygens (including phenoxy) is 1. The maximum absolute atomic E-state index is 13.6. The average molecular weight is 371 g/mol. The molecule has 4 nitrogen and oxygen atoms in total. The third-order valence-electron chi connectivity index (χ3n) is 5.14. The van der Waals surface area contributed by atoms with E-state index < -0.39 is 24.1 Å². The molecule has 1 heterocycles. The minimum absolute atomic E-state index is 0.0338. The highest BCUT2D eigenvalue weighted by atomic mass is 19.1. The number of carbonyl (C=O) groups excluding carboxylic acids is 1. The molecule has 0 spiro atoms. The smallest absolute Gasteiger partial charge is 0.410 e. The lowest BCUT2D eigenvalue weighted by Gasteiger charge is -2.32. The summed E-state index contributed by atoms with van der Waals surface area (Å²) in [6, 6.07) is 15.1. The Labute approximate surface area is 159 Å². The number of likely N-dealkylation sites (tertiary alicyclic amines) is 1. The number of hydrogen-bond donors (Lipinski definition) is 1. The quantitative estimate of drug-likeness (QED) is 0.791. The molecule has 2 aromatic rings. The van der Waals surface area contributed by atoms with Crippen molar-refractivity contribution < 1.29 is 19.0 Å². The van der Waals surface area contributed by atoms with E-state index in [1.807, 2.05) is 30.3 Å². The lowest BCUT2D eigenvalue weighted by Crippen LogP contribution is -2.44. The largest absolute Gasteiger partial charge is 0.445 e. The zero-order valence-corrected chi connectivity index (χ0v) is 15.6. The first-order valence-electron chi connectivity index (χ1n) is 9.52. The highest BCUT2D eigenvalue weighted by Crippen LogP contribution is 2.35. The first-order valence-corrected chi connectivity index (χ1v) is 9.52. The van der Waals surface area contributed by atoms with Gasteiger partial charge in [-0.15, -0.1) is 0 Å². The summed E-state index contributed by atoms with van der Waals surface area (Å²) < 4.78 is 19.1. The Morgan fingerprint density at radius 1 is 1.22 bits per heavy atom. The molecule has 0 bridgehead atoms. The van der Waals surface area contributed by atoms with Gasteiger partial charge in [-0.25, -0.2) is 9.18 Å². The summed E-state index contributed by atoms with van der Waals surface area (Å²) in [5.74, 6) is -0.396. The Hall–Kier alpha value is -2.40. The number of carbonyl (C=O) groups is 1. The molecule has 2 aromatic carbocycles. The summed E-state index contributed by atoms with van der Waals surface area (Å²) in [4.78, 5) is 14.5. The zero-order chi connectivity index (χ0) is 19.2. The summed E-state index contributed by atoms with van der Waals surface area (Å²) in [7, 11) is 0. The molecule has 0 saturated carbocycles. The second kappa shape index (κ2) is 9.00. The summed E-state index contributed by atoms with van der Waals surface area (Å²) in [6.07, 6.45) is 1.92. The molecule has 1 unspecified atom stereocenters. The Morgan fingerprint density at radius 3 is 2.70 bits per heavy atom. The van der Waals surface area contributed by atoms with Gasteiger partial charge in [0.1, 0.15) is 12.4 Å². The molecule has 27 heavy (non-hydrogen) atoms. The minimum atomic E-state index is -0.938. The van der Waals surface area contributed by atoms with E-state index in [-0.39, 0.29) is 12.6 Å². The molecule has 1 saturated heterocycles. The Bertz CT molecular complexity index is 752. The van der Waals surface area contributed by atoms with E-state index in [0.29, 0.717) is 12.0 Å². The van der Waals surface area contributed by atoms with Crippen molar-refractivity contribution in [3.63, 3.8) is 0 Å². The van der Waals surface area contributed by atoms with Gasteiger partial charge in [-0.3, -0.25) is 4.90 Å². The molecule has 144 valence electrons. The number of aliphatic hydroxyl groups excluding tert-OH is 1. The summed E-state index contributed by atoms with van der Waals surface area (Å²) >= 11 is 0. The normalized spacial score (nSPS) is 20.5. The minimum Gasteiger partial charge on any atom is -0.445 e. The van der Waals surface area contributed by atoms with Crippen LogP contribution in [-0.4, -0.2) is 28.2 Å². The summed E-state index contributed by atoms with van der Waals surface area (Å²) in [5.41, 5.74) is 1.40. The van der Waals surface area contributed by atoms with Gasteiger partial charge in [0.2, 0.25) is 0 Å². The standard InChI is InChI=1S/C22H26FNO3/c1-2-7-19-12-13-20(21(25)17-10-6-11-18(23)14-17)24(19)22(26)27-15-16-8-4-3-5-9-16/h3-6,8-11,14,19-21,25H,2,7,12-13,15H2,1H3/t19-,20-,21?/m1/s1. The molecule has 0 aliphatic carbocycles. The first-order chi connectivity index (χ1) is 13.1. The van der Waals surface area contributed by atoms with Gasteiger partial charge in [0, 0.05) is 6.04 Å². The lowest BCUT2D eigenvalue weighted by molar-refractivity contribution is 0.0332. The molecule has 1 fully saturated rings. The van der Waals surface area contributed by atoms with Crippen LogP contribution >= 0.6 is 0 Å². The number of nitrogens with zero attached hydrogens (tertiary/aromatic N) is 1. The van der Waals surface area contributed by atoms with E-state index in [0.717, 1.165) is 24.8 Å². The molecule has 5 heteroatoms. The molecule has 1 amide bonds. The Kier molecular flexibility index (Phi) is 6.45. The van der Waals surface area contributed by atoms with E-state index in [4.69, 9.17) is 4.74 Å². The Balaban J connectivity index is 1.75. The van der Waals surface area contributed by atoms with Crippen molar-refractivity contribution in [2.45, 2.75) is 57.4 Å². The van der Waals surface area contributed by atoms with Crippen LogP contribution in [0.15, 0.2) is 54.6 Å². The first kappa shape index (κ1) is 19.4. The fourth-order valence-corrected chi connectivity index (χ4v) is 3.83. The average Bonchev–Trinajstić information content (AvgIpc) is 3.10. The van der Waals surface area contributed by atoms with E-state index in [2.05, 4.69) is 6.92 Å². The molecular weight excluding hydrogens is 345 g/mol. The van der Waals surface area contributed by atoms with Crippen LogP contribution in [0, 0.1) is 5.82 Å².